The fraction of sp³-hybridized carbons (Fsp3) is 0.923. The summed E-state index contributed by atoms with van der Waals surface area (Å²) in [5, 5.41) is 22.0. The summed E-state index contributed by atoms with van der Waals surface area (Å²) in [4.78, 5) is 10.3. The zero-order valence-corrected chi connectivity index (χ0v) is 11.0. The predicted octanol–water partition coefficient (Wildman–Crippen LogP) is 1.77. The van der Waals surface area contributed by atoms with Crippen molar-refractivity contribution < 1.29 is 15.0 Å². The van der Waals surface area contributed by atoms with Crippen molar-refractivity contribution in [2.75, 3.05) is 13.1 Å². The van der Waals surface area contributed by atoms with Crippen LogP contribution in [0.4, 0.5) is 0 Å². The van der Waals surface area contributed by atoms with Gasteiger partial charge in [0.15, 0.2) is 0 Å². The van der Waals surface area contributed by atoms with Gasteiger partial charge in [0.25, 0.3) is 0 Å². The number of aliphatic carboxylic acids is 1. The van der Waals surface area contributed by atoms with Crippen LogP contribution in [-0.2, 0) is 4.79 Å². The molecule has 1 rings (SSSR count). The first-order valence-corrected chi connectivity index (χ1v) is 6.48. The topological polar surface area (TPSA) is 69.6 Å². The van der Waals surface area contributed by atoms with Crippen LogP contribution in [0.15, 0.2) is 0 Å². The Hall–Kier alpha value is -0.610. The molecule has 3 N–H and O–H groups in total. The van der Waals surface area contributed by atoms with Crippen LogP contribution >= 0.6 is 0 Å². The number of carbonyl (C=O) groups is 1. The Bertz CT molecular complexity index is 253. The molecule has 0 atom stereocenters. The van der Waals surface area contributed by atoms with Crippen LogP contribution in [0.5, 0.6) is 0 Å². The maximum absolute atomic E-state index is 10.3. The van der Waals surface area contributed by atoms with E-state index in [0.717, 1.165) is 25.7 Å². The summed E-state index contributed by atoms with van der Waals surface area (Å²) in [5.74, 6) is -0.759. The third-order valence-electron chi connectivity index (χ3n) is 3.73. The molecule has 0 radical (unpaired) electrons. The number of hydrogen-bond acceptors (Lipinski definition) is 3. The standard InChI is InChI=1S/C13H25NO3/c1-12(2)5-7-13(17,8-6-12)10-14-9-3-4-11(15)16/h14,17H,3-10H2,1-2H3,(H,15,16). The molecule has 0 saturated heterocycles. The van der Waals surface area contributed by atoms with Gasteiger partial charge < -0.3 is 15.5 Å². The van der Waals surface area contributed by atoms with Gasteiger partial charge >= 0.3 is 5.97 Å². The van der Waals surface area contributed by atoms with Crippen molar-refractivity contribution in [2.24, 2.45) is 5.41 Å². The van der Waals surface area contributed by atoms with Gasteiger partial charge in [-0.3, -0.25) is 4.79 Å². The fourth-order valence-corrected chi connectivity index (χ4v) is 2.25. The lowest BCUT2D eigenvalue weighted by Crippen LogP contribution is -2.45. The second-order valence-corrected chi connectivity index (χ2v) is 6.06. The Morgan fingerprint density at radius 3 is 2.35 bits per heavy atom. The van der Waals surface area contributed by atoms with E-state index in [2.05, 4.69) is 19.2 Å². The zero-order chi connectivity index (χ0) is 12.9. The van der Waals surface area contributed by atoms with Gasteiger partial charge in [-0.2, -0.15) is 0 Å². The van der Waals surface area contributed by atoms with Crippen LogP contribution < -0.4 is 5.32 Å². The molecule has 1 fully saturated rings. The number of hydrogen-bond donors (Lipinski definition) is 3. The molecule has 0 spiro atoms. The number of rotatable bonds is 6. The number of aliphatic hydroxyl groups is 1. The Labute approximate surface area is 103 Å². The molecule has 0 heterocycles. The van der Waals surface area contributed by atoms with Crippen LogP contribution in [0.1, 0.15) is 52.4 Å². The van der Waals surface area contributed by atoms with Crippen molar-refractivity contribution >= 4 is 5.97 Å². The molecular weight excluding hydrogens is 218 g/mol. The average Bonchev–Trinajstić information content (AvgIpc) is 2.23. The Balaban J connectivity index is 2.16. The second-order valence-electron chi connectivity index (χ2n) is 6.06. The summed E-state index contributed by atoms with van der Waals surface area (Å²) in [6, 6.07) is 0. The molecule has 0 aliphatic heterocycles. The molecule has 0 unspecified atom stereocenters. The van der Waals surface area contributed by atoms with Crippen LogP contribution in [0, 0.1) is 5.41 Å². The predicted molar refractivity (Wildman–Crippen MR) is 66.9 cm³/mol. The molecular formula is C13H25NO3. The molecule has 0 bridgehead atoms. The van der Waals surface area contributed by atoms with Crippen LogP contribution in [-0.4, -0.2) is 34.9 Å². The minimum absolute atomic E-state index is 0.193. The smallest absolute Gasteiger partial charge is 0.303 e. The average molecular weight is 243 g/mol. The molecule has 4 heteroatoms. The van der Waals surface area contributed by atoms with Gasteiger partial charge in [-0.15, -0.1) is 0 Å². The second kappa shape index (κ2) is 5.83. The lowest BCUT2D eigenvalue weighted by molar-refractivity contribution is -0.137. The first kappa shape index (κ1) is 14.5. The summed E-state index contributed by atoms with van der Waals surface area (Å²) >= 11 is 0. The SMILES string of the molecule is CC1(C)CCC(O)(CNCCCC(=O)O)CC1. The Morgan fingerprint density at radius 1 is 1.24 bits per heavy atom. The number of nitrogens with one attached hydrogen (secondary N) is 1. The molecule has 4 nitrogen and oxygen atoms in total. The van der Waals surface area contributed by atoms with Crippen LogP contribution in [0.25, 0.3) is 0 Å². The van der Waals surface area contributed by atoms with Crippen molar-refractivity contribution in [1.29, 1.82) is 0 Å². The molecule has 1 aliphatic rings. The van der Waals surface area contributed by atoms with Gasteiger partial charge in [-0.1, -0.05) is 13.8 Å². The number of carboxylic acid groups (broad SMARTS) is 1. The summed E-state index contributed by atoms with van der Waals surface area (Å²) in [6.07, 6.45) is 4.60. The summed E-state index contributed by atoms with van der Waals surface area (Å²) < 4.78 is 0. The maximum atomic E-state index is 10.3. The van der Waals surface area contributed by atoms with E-state index in [1.54, 1.807) is 0 Å². The van der Waals surface area contributed by atoms with Gasteiger partial charge in [0.05, 0.1) is 5.60 Å². The highest BCUT2D eigenvalue weighted by molar-refractivity contribution is 5.66. The molecule has 1 aliphatic carbocycles. The molecule has 1 saturated carbocycles. The van der Waals surface area contributed by atoms with Crippen LogP contribution in [0.3, 0.4) is 0 Å². The molecule has 0 aromatic carbocycles. The van der Waals surface area contributed by atoms with Gasteiger partial charge in [0.1, 0.15) is 0 Å². The van der Waals surface area contributed by atoms with E-state index >= 15 is 0 Å². The lowest BCUT2D eigenvalue weighted by atomic mass is 9.71. The zero-order valence-electron chi connectivity index (χ0n) is 11.0. The molecule has 0 amide bonds. The van der Waals surface area contributed by atoms with E-state index in [-0.39, 0.29) is 6.42 Å². The van der Waals surface area contributed by atoms with E-state index in [0.29, 0.717) is 24.9 Å². The first-order valence-electron chi connectivity index (χ1n) is 6.48. The lowest BCUT2D eigenvalue weighted by Gasteiger charge is -2.40. The third kappa shape index (κ3) is 5.50. The largest absolute Gasteiger partial charge is 0.481 e. The highest BCUT2D eigenvalue weighted by Gasteiger charge is 2.36. The quantitative estimate of drug-likeness (QED) is 0.622. The fourth-order valence-electron chi connectivity index (χ4n) is 2.25. The van der Waals surface area contributed by atoms with Gasteiger partial charge in [-0.25, -0.2) is 0 Å². The normalized spacial score (nSPS) is 22.3. The highest BCUT2D eigenvalue weighted by atomic mass is 16.4. The molecule has 0 aromatic heterocycles. The molecule has 17 heavy (non-hydrogen) atoms. The Kier molecular flexibility index (Phi) is 4.95. The van der Waals surface area contributed by atoms with E-state index < -0.39 is 11.6 Å². The van der Waals surface area contributed by atoms with E-state index in [1.165, 1.54) is 0 Å². The van der Waals surface area contributed by atoms with Gasteiger partial charge in [0, 0.05) is 13.0 Å². The van der Waals surface area contributed by atoms with Crippen molar-refractivity contribution in [3.05, 3.63) is 0 Å². The van der Waals surface area contributed by atoms with E-state index in [9.17, 15) is 9.90 Å². The maximum Gasteiger partial charge on any atom is 0.303 e. The van der Waals surface area contributed by atoms with Gasteiger partial charge in [-0.05, 0) is 44.1 Å². The number of carboxylic acids is 1. The summed E-state index contributed by atoms with van der Waals surface area (Å²) in [5.41, 5.74) is -0.228. The van der Waals surface area contributed by atoms with Crippen molar-refractivity contribution in [1.82, 2.24) is 5.32 Å². The first-order chi connectivity index (χ1) is 7.83. The monoisotopic (exact) mass is 243 g/mol. The highest BCUT2D eigenvalue weighted by Crippen LogP contribution is 2.39. The van der Waals surface area contributed by atoms with Crippen molar-refractivity contribution in [3.8, 4) is 0 Å². The van der Waals surface area contributed by atoms with Crippen molar-refractivity contribution in [2.45, 2.75) is 58.0 Å². The van der Waals surface area contributed by atoms with E-state index in [1.807, 2.05) is 0 Å². The van der Waals surface area contributed by atoms with E-state index in [4.69, 9.17) is 5.11 Å². The summed E-state index contributed by atoms with van der Waals surface area (Å²) in [7, 11) is 0. The van der Waals surface area contributed by atoms with Crippen LogP contribution in [0.2, 0.25) is 0 Å². The third-order valence-corrected chi connectivity index (χ3v) is 3.73. The van der Waals surface area contributed by atoms with Gasteiger partial charge in [0.2, 0.25) is 0 Å². The summed E-state index contributed by atoms with van der Waals surface area (Å²) in [6.45, 7) is 5.74. The minimum Gasteiger partial charge on any atom is -0.481 e. The molecule has 0 aromatic rings. The Morgan fingerprint density at radius 2 is 1.82 bits per heavy atom. The molecule has 100 valence electrons. The van der Waals surface area contributed by atoms with Crippen molar-refractivity contribution in [3.63, 3.8) is 0 Å². The minimum atomic E-state index is -0.759.